The topological polar surface area (TPSA) is 99.1 Å². The third kappa shape index (κ3) is 47.8. The van der Waals surface area contributed by atoms with Crippen molar-refractivity contribution in [3.8, 4) is 0 Å². The summed E-state index contributed by atoms with van der Waals surface area (Å²) in [5.74, 6) is -1.47. The van der Waals surface area contributed by atoms with Gasteiger partial charge in [-0.05, 0) is 77.0 Å². The summed E-state index contributed by atoms with van der Waals surface area (Å²) in [5, 5.41) is 9.68. The maximum Gasteiger partial charge on any atom is 0.362 e. The molecule has 0 aromatic heterocycles. The number of unbranched alkanes of at least 4 members (excludes halogenated alkanes) is 24. The molecule has 0 aromatic rings. The molecular weight excluding hydrogens is 847 g/mol. The van der Waals surface area contributed by atoms with Crippen molar-refractivity contribution in [1.82, 2.24) is 0 Å². The van der Waals surface area contributed by atoms with Gasteiger partial charge in [-0.3, -0.25) is 9.59 Å². The van der Waals surface area contributed by atoms with Crippen molar-refractivity contribution in [2.24, 2.45) is 0 Å². The number of carbonyl (C=O) groups is 3. The standard InChI is InChI=1S/C60H105NO7/c1-6-8-10-12-14-16-18-20-22-24-26-28-29-31-33-35-37-39-41-43-45-47-49-51-59(63)68-56(54-66-53-52-57(60(64)65)61(3,4)5)55-67-58(62)50-48-46-44-42-40-38-36-34-32-30-27-25-23-21-19-17-15-13-11-9-7-2/h8-11,14-17,20,22,26,28,56-57H,6-7,12-13,18-19,21,23-25,27,29-55H2,1-5H3/p+1/b10-8+,11-9+,16-14+,17-15+,22-20+,28-26+. The second-order valence-corrected chi connectivity index (χ2v) is 19.8. The van der Waals surface area contributed by atoms with Crippen molar-refractivity contribution in [3.05, 3.63) is 72.9 Å². The number of hydrogen-bond acceptors (Lipinski definition) is 6. The Balaban J connectivity index is 4.18. The number of esters is 2. The van der Waals surface area contributed by atoms with Gasteiger partial charge in [-0.25, -0.2) is 4.79 Å². The average Bonchev–Trinajstić information content (AvgIpc) is 3.30. The molecule has 0 amide bonds. The van der Waals surface area contributed by atoms with Crippen LogP contribution in [0.15, 0.2) is 72.9 Å². The number of likely N-dealkylation sites (N-methyl/N-ethyl adjacent to an activating group) is 1. The zero-order valence-corrected chi connectivity index (χ0v) is 44.8. The lowest BCUT2D eigenvalue weighted by molar-refractivity contribution is -0.887. The summed E-state index contributed by atoms with van der Waals surface area (Å²) in [6.45, 7) is 4.54. The lowest BCUT2D eigenvalue weighted by Gasteiger charge is -2.31. The Bertz CT molecular complexity index is 1340. The molecule has 8 heteroatoms. The molecule has 0 rings (SSSR count). The molecule has 0 aliphatic heterocycles. The molecule has 8 nitrogen and oxygen atoms in total. The van der Waals surface area contributed by atoms with Gasteiger partial charge in [0.15, 0.2) is 12.1 Å². The van der Waals surface area contributed by atoms with Crippen molar-refractivity contribution in [2.75, 3.05) is 41.0 Å². The van der Waals surface area contributed by atoms with Crippen LogP contribution < -0.4 is 0 Å². The molecule has 392 valence electrons. The third-order valence-corrected chi connectivity index (χ3v) is 12.4. The zero-order valence-electron chi connectivity index (χ0n) is 44.8. The summed E-state index contributed by atoms with van der Waals surface area (Å²) in [7, 11) is 5.54. The van der Waals surface area contributed by atoms with Crippen LogP contribution in [0.5, 0.6) is 0 Å². The van der Waals surface area contributed by atoms with E-state index in [0.29, 0.717) is 19.3 Å². The summed E-state index contributed by atoms with van der Waals surface area (Å²) >= 11 is 0. The van der Waals surface area contributed by atoms with Crippen molar-refractivity contribution in [2.45, 2.75) is 251 Å². The third-order valence-electron chi connectivity index (χ3n) is 12.4. The molecule has 0 aliphatic rings. The second-order valence-electron chi connectivity index (χ2n) is 19.8. The van der Waals surface area contributed by atoms with Gasteiger partial charge in [-0.15, -0.1) is 0 Å². The Hall–Kier alpha value is -3.23. The maximum atomic E-state index is 12.8. The average molecular weight is 954 g/mol. The Morgan fingerprint density at radius 2 is 0.779 bits per heavy atom. The van der Waals surface area contributed by atoms with Crippen molar-refractivity contribution < 1.29 is 38.2 Å². The Morgan fingerprint density at radius 1 is 0.441 bits per heavy atom. The van der Waals surface area contributed by atoms with Gasteiger partial charge in [-0.2, -0.15) is 0 Å². The van der Waals surface area contributed by atoms with Crippen LogP contribution in [0, 0.1) is 0 Å². The van der Waals surface area contributed by atoms with Crippen LogP contribution in [-0.2, 0) is 28.6 Å². The van der Waals surface area contributed by atoms with E-state index in [1.165, 1.54) is 128 Å². The minimum Gasteiger partial charge on any atom is -0.477 e. The lowest BCUT2D eigenvalue weighted by Crippen LogP contribution is -2.50. The summed E-state index contributed by atoms with van der Waals surface area (Å²) < 4.78 is 17.4. The molecule has 0 aromatic carbocycles. The molecule has 0 radical (unpaired) electrons. The second kappa shape index (κ2) is 50.2. The number of ether oxygens (including phenoxy) is 3. The van der Waals surface area contributed by atoms with Gasteiger partial charge in [0.2, 0.25) is 0 Å². The number of carboxylic acid groups (broad SMARTS) is 1. The van der Waals surface area contributed by atoms with E-state index in [0.717, 1.165) is 77.0 Å². The number of carbonyl (C=O) groups excluding carboxylic acids is 2. The van der Waals surface area contributed by atoms with Gasteiger partial charge in [-0.1, -0.05) is 215 Å². The molecule has 0 heterocycles. The predicted molar refractivity (Wildman–Crippen MR) is 289 cm³/mol. The first-order chi connectivity index (χ1) is 33.1. The molecule has 2 unspecified atom stereocenters. The molecule has 68 heavy (non-hydrogen) atoms. The number of aliphatic carboxylic acids is 1. The van der Waals surface area contributed by atoms with Crippen molar-refractivity contribution in [1.29, 1.82) is 0 Å². The van der Waals surface area contributed by atoms with Gasteiger partial charge in [0, 0.05) is 19.3 Å². The molecule has 0 saturated heterocycles. The van der Waals surface area contributed by atoms with Gasteiger partial charge in [0.1, 0.15) is 6.61 Å². The van der Waals surface area contributed by atoms with Gasteiger partial charge in [0.05, 0.1) is 34.4 Å². The predicted octanol–water partition coefficient (Wildman–Crippen LogP) is 16.6. The monoisotopic (exact) mass is 953 g/mol. The summed E-state index contributed by atoms with van der Waals surface area (Å²) in [6, 6.07) is -0.618. The van der Waals surface area contributed by atoms with Crippen LogP contribution >= 0.6 is 0 Å². The molecule has 2 atom stereocenters. The molecule has 0 spiro atoms. The number of carboxylic acids is 1. The molecule has 0 aliphatic carbocycles. The van der Waals surface area contributed by atoms with E-state index >= 15 is 0 Å². The van der Waals surface area contributed by atoms with Gasteiger partial charge in [0.25, 0.3) is 0 Å². The van der Waals surface area contributed by atoms with Crippen LogP contribution in [0.3, 0.4) is 0 Å². The summed E-state index contributed by atoms with van der Waals surface area (Å²) in [6.07, 6.45) is 65.3. The molecule has 0 fully saturated rings. The van der Waals surface area contributed by atoms with Crippen molar-refractivity contribution in [3.63, 3.8) is 0 Å². The van der Waals surface area contributed by atoms with Crippen molar-refractivity contribution >= 4 is 17.9 Å². The highest BCUT2D eigenvalue weighted by Crippen LogP contribution is 2.16. The van der Waals surface area contributed by atoms with E-state index < -0.39 is 18.1 Å². The molecular formula is C60H106NO7+. The van der Waals surface area contributed by atoms with E-state index in [1.807, 2.05) is 21.1 Å². The maximum absolute atomic E-state index is 12.8. The van der Waals surface area contributed by atoms with Crippen LogP contribution in [-0.4, -0.2) is 80.6 Å². The van der Waals surface area contributed by atoms with E-state index in [9.17, 15) is 19.5 Å². The fourth-order valence-electron chi connectivity index (χ4n) is 8.12. The van der Waals surface area contributed by atoms with Gasteiger partial charge < -0.3 is 23.8 Å². The molecule has 0 bridgehead atoms. The largest absolute Gasteiger partial charge is 0.477 e. The lowest BCUT2D eigenvalue weighted by atomic mass is 10.0. The van der Waals surface area contributed by atoms with E-state index in [-0.39, 0.29) is 36.2 Å². The number of allylic oxidation sites excluding steroid dienone is 12. The number of quaternary nitrogens is 1. The smallest absolute Gasteiger partial charge is 0.362 e. The Kier molecular flexibility index (Phi) is 47.8. The first-order valence-corrected chi connectivity index (χ1v) is 28.0. The van der Waals surface area contributed by atoms with E-state index in [1.54, 1.807) is 0 Å². The van der Waals surface area contributed by atoms with Crippen LogP contribution in [0.4, 0.5) is 0 Å². The molecule has 0 saturated carbocycles. The van der Waals surface area contributed by atoms with E-state index in [2.05, 4.69) is 86.8 Å². The summed E-state index contributed by atoms with van der Waals surface area (Å²) in [5.41, 5.74) is 0. The van der Waals surface area contributed by atoms with E-state index in [4.69, 9.17) is 14.2 Å². The van der Waals surface area contributed by atoms with Gasteiger partial charge >= 0.3 is 17.9 Å². The zero-order chi connectivity index (χ0) is 49.9. The Labute approximate surface area is 419 Å². The molecule has 1 N–H and O–H groups in total. The number of hydrogen-bond donors (Lipinski definition) is 1. The quantitative estimate of drug-likeness (QED) is 0.0281. The highest BCUT2D eigenvalue weighted by Gasteiger charge is 2.31. The van der Waals surface area contributed by atoms with Crippen LogP contribution in [0.2, 0.25) is 0 Å². The highest BCUT2D eigenvalue weighted by atomic mass is 16.6. The van der Waals surface area contributed by atoms with Crippen LogP contribution in [0.1, 0.15) is 239 Å². The fourth-order valence-corrected chi connectivity index (χ4v) is 8.12. The normalized spacial score (nSPS) is 13.4. The summed E-state index contributed by atoms with van der Waals surface area (Å²) in [4.78, 5) is 37.3. The fraction of sp³-hybridized carbons (Fsp3) is 0.750. The first kappa shape index (κ1) is 64.8. The minimum absolute atomic E-state index is 0.0538. The minimum atomic E-state index is -0.875. The highest BCUT2D eigenvalue weighted by molar-refractivity contribution is 5.72. The number of nitrogens with zero attached hydrogens (tertiary/aromatic N) is 1. The van der Waals surface area contributed by atoms with Crippen LogP contribution in [0.25, 0.3) is 0 Å². The SMILES string of the molecule is CC/C=C/C/C=C/C/C=C/C/C=C/CCCCCCCCCCCCC(=O)OC(COCCC(C(=O)O)[N+](C)(C)C)COC(=O)CCCCCCCCCCCCCCCC/C=C/C/C=C/CC. The number of rotatable bonds is 50. The first-order valence-electron chi connectivity index (χ1n) is 28.0. The Morgan fingerprint density at radius 3 is 1.15 bits per heavy atom.